The highest BCUT2D eigenvalue weighted by molar-refractivity contribution is 8.00. The van der Waals surface area contributed by atoms with E-state index in [0.29, 0.717) is 17.2 Å². The number of nitrogens with zero attached hydrogens (tertiary/aromatic N) is 2. The van der Waals surface area contributed by atoms with Crippen LogP contribution in [0.25, 0.3) is 11.0 Å². The van der Waals surface area contributed by atoms with E-state index in [-0.39, 0.29) is 16.1 Å². The lowest BCUT2D eigenvalue weighted by molar-refractivity contribution is -0.115. The maximum Gasteiger partial charge on any atom is 0.238 e. The predicted molar refractivity (Wildman–Crippen MR) is 117 cm³/mol. The molecule has 0 aliphatic rings. The number of carbonyl (C=O) groups excluding carboxylic acids is 1. The van der Waals surface area contributed by atoms with Gasteiger partial charge in [0.15, 0.2) is 5.16 Å². The summed E-state index contributed by atoms with van der Waals surface area (Å²) >= 11 is 1.34. The zero-order chi connectivity index (χ0) is 21.2. The van der Waals surface area contributed by atoms with E-state index in [0.717, 1.165) is 23.2 Å². The van der Waals surface area contributed by atoms with Gasteiger partial charge in [-0.2, -0.15) is 0 Å². The molecule has 0 radical (unpaired) electrons. The van der Waals surface area contributed by atoms with Gasteiger partial charge >= 0.3 is 0 Å². The topological polar surface area (TPSA) is 107 Å². The van der Waals surface area contributed by atoms with E-state index in [9.17, 15) is 13.2 Å². The summed E-state index contributed by atoms with van der Waals surface area (Å²) in [7, 11) is -3.81. The molecule has 2 aromatic carbocycles. The predicted octanol–water partition coefficient (Wildman–Crippen LogP) is 3.52. The Labute approximate surface area is 174 Å². The van der Waals surface area contributed by atoms with Crippen molar-refractivity contribution in [2.75, 3.05) is 5.32 Å². The largest absolute Gasteiger partial charge is 0.325 e. The quantitative estimate of drug-likeness (QED) is 0.556. The fourth-order valence-electron chi connectivity index (χ4n) is 2.95. The number of amides is 1. The van der Waals surface area contributed by atoms with Crippen LogP contribution in [0.1, 0.15) is 25.8 Å². The molecule has 0 spiro atoms. The standard InChI is InChI=1S/C20H24N4O3S2/c1-4-11-24-18-10-9-15(29(21,26)27)12-17(18)23-20(24)28-14(3)19(25)22-16-8-6-5-7-13(16)2/h5-10,12,14H,4,11H2,1-3H3,(H,22,25)(H2,21,26,27). The smallest absolute Gasteiger partial charge is 0.238 e. The number of anilines is 1. The van der Waals surface area contributed by atoms with E-state index in [1.165, 1.54) is 23.9 Å². The minimum atomic E-state index is -3.81. The molecular formula is C20H24N4O3S2. The summed E-state index contributed by atoms with van der Waals surface area (Å²) in [6, 6.07) is 12.3. The number of aromatic nitrogens is 2. The van der Waals surface area contributed by atoms with Gasteiger partial charge in [-0.05, 0) is 50.1 Å². The first-order valence-corrected chi connectivity index (χ1v) is 11.7. The average Bonchev–Trinajstić information content (AvgIpc) is 2.99. The number of aryl methyl sites for hydroxylation is 2. The van der Waals surface area contributed by atoms with Gasteiger partial charge in [0.05, 0.1) is 21.2 Å². The second kappa shape index (κ2) is 8.56. The molecule has 3 aromatic rings. The van der Waals surface area contributed by atoms with Crippen LogP contribution in [0.3, 0.4) is 0 Å². The fraction of sp³-hybridized carbons (Fsp3) is 0.300. The molecule has 0 bridgehead atoms. The van der Waals surface area contributed by atoms with Crippen LogP contribution in [0.2, 0.25) is 0 Å². The zero-order valence-corrected chi connectivity index (χ0v) is 18.2. The summed E-state index contributed by atoms with van der Waals surface area (Å²) in [5.74, 6) is -0.121. The van der Waals surface area contributed by atoms with Crippen LogP contribution in [0.15, 0.2) is 52.5 Å². The summed E-state index contributed by atoms with van der Waals surface area (Å²) in [6.07, 6.45) is 0.875. The molecule has 1 aromatic heterocycles. The number of nitrogens with one attached hydrogen (secondary N) is 1. The van der Waals surface area contributed by atoms with Crippen molar-refractivity contribution in [3.05, 3.63) is 48.0 Å². The molecule has 9 heteroatoms. The summed E-state index contributed by atoms with van der Waals surface area (Å²) in [6.45, 7) is 6.52. The lowest BCUT2D eigenvalue weighted by atomic mass is 10.2. The molecule has 0 fully saturated rings. The van der Waals surface area contributed by atoms with E-state index in [2.05, 4.69) is 10.3 Å². The van der Waals surface area contributed by atoms with E-state index in [1.54, 1.807) is 6.07 Å². The first-order valence-electron chi connectivity index (χ1n) is 9.27. The van der Waals surface area contributed by atoms with Crippen LogP contribution in [0.4, 0.5) is 5.69 Å². The van der Waals surface area contributed by atoms with E-state index < -0.39 is 10.0 Å². The van der Waals surface area contributed by atoms with Crippen molar-refractivity contribution >= 4 is 44.4 Å². The van der Waals surface area contributed by atoms with Crippen LogP contribution in [0, 0.1) is 6.92 Å². The highest BCUT2D eigenvalue weighted by Gasteiger charge is 2.21. The Morgan fingerprint density at radius 2 is 2.00 bits per heavy atom. The third-order valence-electron chi connectivity index (χ3n) is 4.51. The van der Waals surface area contributed by atoms with E-state index in [4.69, 9.17) is 5.14 Å². The Hall–Kier alpha value is -2.36. The molecule has 0 aliphatic carbocycles. The lowest BCUT2D eigenvalue weighted by Gasteiger charge is -2.14. The monoisotopic (exact) mass is 432 g/mol. The number of nitrogens with two attached hydrogens (primary N) is 1. The summed E-state index contributed by atoms with van der Waals surface area (Å²) < 4.78 is 25.3. The molecule has 1 atom stereocenters. The Balaban J connectivity index is 1.88. The molecule has 1 amide bonds. The third-order valence-corrected chi connectivity index (χ3v) is 6.52. The number of hydrogen-bond donors (Lipinski definition) is 2. The summed E-state index contributed by atoms with van der Waals surface area (Å²) in [4.78, 5) is 17.3. The molecule has 7 nitrogen and oxygen atoms in total. The highest BCUT2D eigenvalue weighted by Crippen LogP contribution is 2.29. The number of fused-ring (bicyclic) bond motifs is 1. The number of para-hydroxylation sites is 1. The molecule has 0 saturated heterocycles. The minimum Gasteiger partial charge on any atom is -0.325 e. The number of benzene rings is 2. The van der Waals surface area contributed by atoms with Crippen molar-refractivity contribution < 1.29 is 13.2 Å². The van der Waals surface area contributed by atoms with Gasteiger partial charge in [0.2, 0.25) is 15.9 Å². The van der Waals surface area contributed by atoms with E-state index in [1.807, 2.05) is 49.6 Å². The highest BCUT2D eigenvalue weighted by atomic mass is 32.2. The van der Waals surface area contributed by atoms with Crippen molar-refractivity contribution in [3.8, 4) is 0 Å². The Morgan fingerprint density at radius 3 is 2.66 bits per heavy atom. The number of thioether (sulfide) groups is 1. The van der Waals surface area contributed by atoms with Gasteiger partial charge in [0, 0.05) is 12.2 Å². The van der Waals surface area contributed by atoms with Gasteiger partial charge in [-0.3, -0.25) is 4.79 Å². The van der Waals surface area contributed by atoms with Crippen molar-refractivity contribution in [2.45, 2.75) is 49.0 Å². The molecular weight excluding hydrogens is 408 g/mol. The molecule has 3 N–H and O–H groups in total. The molecule has 0 aliphatic heterocycles. The van der Waals surface area contributed by atoms with Gasteiger partial charge in [-0.25, -0.2) is 18.5 Å². The van der Waals surface area contributed by atoms with Crippen molar-refractivity contribution in [2.24, 2.45) is 5.14 Å². The van der Waals surface area contributed by atoms with Crippen molar-refractivity contribution in [3.63, 3.8) is 0 Å². The molecule has 1 heterocycles. The van der Waals surface area contributed by atoms with Crippen LogP contribution in [0.5, 0.6) is 0 Å². The SMILES string of the molecule is CCCn1c(SC(C)C(=O)Nc2ccccc2C)nc2cc(S(N)(=O)=O)ccc21. The molecule has 3 rings (SSSR count). The van der Waals surface area contributed by atoms with Crippen molar-refractivity contribution in [1.82, 2.24) is 9.55 Å². The van der Waals surface area contributed by atoms with E-state index >= 15 is 0 Å². The summed E-state index contributed by atoms with van der Waals surface area (Å²) in [5.41, 5.74) is 3.13. The van der Waals surface area contributed by atoms with Crippen LogP contribution < -0.4 is 10.5 Å². The zero-order valence-electron chi connectivity index (χ0n) is 16.5. The van der Waals surface area contributed by atoms with Gasteiger partial charge in [0.1, 0.15) is 0 Å². The summed E-state index contributed by atoms with van der Waals surface area (Å²) in [5, 5.41) is 8.47. The lowest BCUT2D eigenvalue weighted by Crippen LogP contribution is -2.23. The van der Waals surface area contributed by atoms with Gasteiger partial charge in [-0.1, -0.05) is 36.9 Å². The first kappa shape index (κ1) is 21.4. The van der Waals surface area contributed by atoms with Crippen LogP contribution in [-0.4, -0.2) is 29.1 Å². The van der Waals surface area contributed by atoms with Gasteiger partial charge in [0.25, 0.3) is 0 Å². The number of imidazole rings is 1. The Morgan fingerprint density at radius 1 is 1.28 bits per heavy atom. The van der Waals surface area contributed by atoms with Crippen molar-refractivity contribution in [1.29, 1.82) is 0 Å². The molecule has 29 heavy (non-hydrogen) atoms. The van der Waals surface area contributed by atoms with Crippen LogP contribution in [-0.2, 0) is 21.4 Å². The second-order valence-corrected chi connectivity index (χ2v) is 9.68. The molecule has 154 valence electrons. The number of carbonyl (C=O) groups is 1. The Kier molecular flexibility index (Phi) is 6.30. The maximum absolute atomic E-state index is 12.7. The molecule has 0 saturated carbocycles. The molecule has 1 unspecified atom stereocenters. The van der Waals surface area contributed by atoms with Gasteiger partial charge in [-0.15, -0.1) is 0 Å². The van der Waals surface area contributed by atoms with Gasteiger partial charge < -0.3 is 9.88 Å². The number of sulfonamides is 1. The first-order chi connectivity index (χ1) is 13.7. The van der Waals surface area contributed by atoms with Crippen LogP contribution >= 0.6 is 11.8 Å². The Bertz CT molecular complexity index is 1160. The number of hydrogen-bond acceptors (Lipinski definition) is 5. The average molecular weight is 433 g/mol. The number of primary sulfonamides is 1. The fourth-order valence-corrected chi connectivity index (χ4v) is 4.44. The third kappa shape index (κ3) is 4.80. The minimum absolute atomic E-state index is 0.0213. The number of rotatable bonds is 7. The second-order valence-electron chi connectivity index (χ2n) is 6.81. The maximum atomic E-state index is 12.7. The normalized spacial score (nSPS) is 12.8.